The van der Waals surface area contributed by atoms with Crippen LogP contribution in [-0.2, 0) is 4.79 Å². The molecule has 1 N–H and O–H groups in total. The maximum atomic E-state index is 11.6. The molecule has 1 aromatic rings. The summed E-state index contributed by atoms with van der Waals surface area (Å²) in [5.41, 5.74) is 1.07. The van der Waals surface area contributed by atoms with E-state index in [4.69, 9.17) is 11.6 Å². The molecule has 0 aliphatic carbocycles. The zero-order valence-electron chi connectivity index (χ0n) is 9.96. The smallest absolute Gasteiger partial charge is 0.220 e. The molecule has 16 heavy (non-hydrogen) atoms. The number of carbonyl (C=O) groups excluding carboxylic acids is 1. The van der Waals surface area contributed by atoms with Crippen LogP contribution in [0.1, 0.15) is 38.8 Å². The predicted octanol–water partition coefficient (Wildman–Crippen LogP) is 3.56. The van der Waals surface area contributed by atoms with Gasteiger partial charge in [-0.3, -0.25) is 4.79 Å². The van der Waals surface area contributed by atoms with E-state index in [-0.39, 0.29) is 11.9 Å². The van der Waals surface area contributed by atoms with Crippen molar-refractivity contribution in [1.29, 1.82) is 0 Å². The summed E-state index contributed by atoms with van der Waals surface area (Å²) < 4.78 is 0. The Morgan fingerprint density at radius 2 is 1.81 bits per heavy atom. The van der Waals surface area contributed by atoms with Gasteiger partial charge in [0.05, 0.1) is 6.04 Å². The van der Waals surface area contributed by atoms with Crippen LogP contribution in [0.5, 0.6) is 0 Å². The van der Waals surface area contributed by atoms with E-state index in [1.54, 1.807) is 0 Å². The molecule has 0 spiro atoms. The van der Waals surface area contributed by atoms with Crippen molar-refractivity contribution in [2.75, 3.05) is 0 Å². The fourth-order valence-electron chi connectivity index (χ4n) is 1.51. The molecule has 0 saturated heterocycles. The van der Waals surface area contributed by atoms with Crippen LogP contribution in [-0.4, -0.2) is 5.91 Å². The first-order valence-electron chi connectivity index (χ1n) is 5.54. The summed E-state index contributed by atoms with van der Waals surface area (Å²) in [4.78, 5) is 11.6. The Morgan fingerprint density at radius 1 is 1.25 bits per heavy atom. The highest BCUT2D eigenvalue weighted by Gasteiger charge is 2.10. The van der Waals surface area contributed by atoms with Crippen molar-refractivity contribution >= 4 is 17.5 Å². The Hall–Kier alpha value is -1.02. The third kappa shape index (κ3) is 4.23. The van der Waals surface area contributed by atoms with Gasteiger partial charge in [-0.2, -0.15) is 0 Å². The molecule has 3 heteroatoms. The van der Waals surface area contributed by atoms with E-state index >= 15 is 0 Å². The quantitative estimate of drug-likeness (QED) is 0.855. The largest absolute Gasteiger partial charge is 0.350 e. The van der Waals surface area contributed by atoms with Gasteiger partial charge >= 0.3 is 0 Å². The summed E-state index contributed by atoms with van der Waals surface area (Å²) in [7, 11) is 0. The molecule has 1 rings (SSSR count). The number of carbonyl (C=O) groups is 1. The fourth-order valence-corrected chi connectivity index (χ4v) is 1.63. The molecular formula is C13H18ClNO. The first kappa shape index (κ1) is 13.0. The van der Waals surface area contributed by atoms with Crippen molar-refractivity contribution in [3.05, 3.63) is 34.9 Å². The lowest BCUT2D eigenvalue weighted by Gasteiger charge is -2.15. The molecule has 1 aromatic carbocycles. The van der Waals surface area contributed by atoms with Gasteiger partial charge in [0.2, 0.25) is 5.91 Å². The maximum absolute atomic E-state index is 11.6. The van der Waals surface area contributed by atoms with Gasteiger partial charge in [-0.1, -0.05) is 37.6 Å². The fraction of sp³-hybridized carbons (Fsp3) is 0.462. The molecule has 2 nitrogen and oxygen atoms in total. The molecular weight excluding hydrogens is 222 g/mol. The van der Waals surface area contributed by atoms with Crippen molar-refractivity contribution in [1.82, 2.24) is 5.32 Å². The Labute approximate surface area is 102 Å². The van der Waals surface area contributed by atoms with E-state index < -0.39 is 0 Å². The first-order chi connectivity index (χ1) is 7.49. The van der Waals surface area contributed by atoms with Gasteiger partial charge in [0, 0.05) is 11.4 Å². The van der Waals surface area contributed by atoms with Gasteiger partial charge in [0.1, 0.15) is 0 Å². The molecule has 1 atom stereocenters. The highest BCUT2D eigenvalue weighted by atomic mass is 35.5. The summed E-state index contributed by atoms with van der Waals surface area (Å²) >= 11 is 5.80. The van der Waals surface area contributed by atoms with Gasteiger partial charge in [-0.15, -0.1) is 0 Å². The van der Waals surface area contributed by atoms with E-state index in [2.05, 4.69) is 5.32 Å². The van der Waals surface area contributed by atoms with Gasteiger partial charge in [-0.25, -0.2) is 0 Å². The monoisotopic (exact) mass is 239 g/mol. The number of benzene rings is 1. The highest BCUT2D eigenvalue weighted by molar-refractivity contribution is 6.30. The average molecular weight is 240 g/mol. The number of nitrogens with one attached hydrogen (secondary N) is 1. The molecule has 0 aliphatic heterocycles. The molecule has 88 valence electrons. The minimum absolute atomic E-state index is 0.0310. The van der Waals surface area contributed by atoms with Gasteiger partial charge in [0.25, 0.3) is 0 Å². The summed E-state index contributed by atoms with van der Waals surface area (Å²) in [6.07, 6.45) is 0.567. The van der Waals surface area contributed by atoms with Crippen LogP contribution < -0.4 is 5.32 Å². The first-order valence-corrected chi connectivity index (χ1v) is 5.91. The van der Waals surface area contributed by atoms with Crippen LogP contribution >= 0.6 is 11.6 Å². The van der Waals surface area contributed by atoms with Crippen LogP contribution in [0.2, 0.25) is 5.02 Å². The molecule has 1 amide bonds. The maximum Gasteiger partial charge on any atom is 0.220 e. The normalized spacial score (nSPS) is 12.6. The van der Waals surface area contributed by atoms with E-state index in [1.807, 2.05) is 45.0 Å². The zero-order chi connectivity index (χ0) is 12.1. The molecule has 0 aliphatic rings. The molecule has 0 radical (unpaired) electrons. The summed E-state index contributed by atoms with van der Waals surface area (Å²) in [6, 6.07) is 7.57. The standard InChI is InChI=1S/C13H18ClNO/c1-9(2)8-13(16)15-10(3)11-4-6-12(14)7-5-11/h4-7,9-10H,8H2,1-3H3,(H,15,16). The van der Waals surface area contributed by atoms with Crippen molar-refractivity contribution < 1.29 is 4.79 Å². The molecule has 1 unspecified atom stereocenters. The lowest BCUT2D eigenvalue weighted by atomic mass is 10.1. The number of amides is 1. The van der Waals surface area contributed by atoms with Gasteiger partial charge < -0.3 is 5.32 Å². The predicted molar refractivity (Wildman–Crippen MR) is 67.5 cm³/mol. The summed E-state index contributed by atoms with van der Waals surface area (Å²) in [5.74, 6) is 0.481. The zero-order valence-corrected chi connectivity index (χ0v) is 10.7. The van der Waals surface area contributed by atoms with Gasteiger partial charge in [-0.05, 0) is 30.5 Å². The minimum Gasteiger partial charge on any atom is -0.350 e. The SMILES string of the molecule is CC(C)CC(=O)NC(C)c1ccc(Cl)cc1. The van der Waals surface area contributed by atoms with E-state index in [1.165, 1.54) is 0 Å². The number of rotatable bonds is 4. The second-order valence-corrected chi connectivity index (χ2v) is 4.88. The van der Waals surface area contributed by atoms with Crippen molar-refractivity contribution in [3.8, 4) is 0 Å². The number of halogens is 1. The van der Waals surface area contributed by atoms with Gasteiger partial charge in [0.15, 0.2) is 0 Å². The lowest BCUT2D eigenvalue weighted by molar-refractivity contribution is -0.122. The second-order valence-electron chi connectivity index (χ2n) is 4.44. The van der Waals surface area contributed by atoms with Crippen molar-refractivity contribution in [2.45, 2.75) is 33.2 Å². The molecule has 0 heterocycles. The topological polar surface area (TPSA) is 29.1 Å². The minimum atomic E-state index is 0.0310. The summed E-state index contributed by atoms with van der Waals surface area (Å²) in [6.45, 7) is 6.04. The highest BCUT2D eigenvalue weighted by Crippen LogP contribution is 2.16. The Bertz CT molecular complexity index is 345. The Morgan fingerprint density at radius 3 is 2.31 bits per heavy atom. The number of hydrogen-bond acceptors (Lipinski definition) is 1. The molecule has 0 saturated carbocycles. The van der Waals surface area contributed by atoms with Crippen molar-refractivity contribution in [2.24, 2.45) is 5.92 Å². The third-order valence-corrected chi connectivity index (χ3v) is 2.59. The Balaban J connectivity index is 2.55. The van der Waals surface area contributed by atoms with Crippen LogP contribution in [0.4, 0.5) is 0 Å². The van der Waals surface area contributed by atoms with Crippen LogP contribution in [0.3, 0.4) is 0 Å². The lowest BCUT2D eigenvalue weighted by Crippen LogP contribution is -2.27. The molecule has 0 bridgehead atoms. The Kier molecular flexibility index (Phi) is 4.81. The second kappa shape index (κ2) is 5.90. The molecule has 0 aromatic heterocycles. The van der Waals surface area contributed by atoms with Crippen LogP contribution in [0.15, 0.2) is 24.3 Å². The number of hydrogen-bond donors (Lipinski definition) is 1. The third-order valence-electron chi connectivity index (χ3n) is 2.34. The average Bonchev–Trinajstić information content (AvgIpc) is 2.16. The van der Waals surface area contributed by atoms with Crippen molar-refractivity contribution in [3.63, 3.8) is 0 Å². The van der Waals surface area contributed by atoms with Crippen LogP contribution in [0.25, 0.3) is 0 Å². The van der Waals surface area contributed by atoms with E-state index in [0.29, 0.717) is 17.4 Å². The summed E-state index contributed by atoms with van der Waals surface area (Å²) in [5, 5.41) is 3.68. The van der Waals surface area contributed by atoms with E-state index in [0.717, 1.165) is 5.56 Å². The molecule has 0 fully saturated rings. The van der Waals surface area contributed by atoms with E-state index in [9.17, 15) is 4.79 Å². The van der Waals surface area contributed by atoms with Crippen LogP contribution in [0, 0.1) is 5.92 Å².